The largest absolute Gasteiger partial charge is 0.396 e. The lowest BCUT2D eigenvalue weighted by molar-refractivity contribution is -0.384. The Bertz CT molecular complexity index is 631. The molecule has 1 aromatic carbocycles. The molecule has 8 nitrogen and oxygen atoms in total. The van der Waals surface area contributed by atoms with E-state index in [1.807, 2.05) is 0 Å². The standard InChI is InChI=1S/C12H14ClN5O3/c13-11-6-9(2-3-12(11)18(20)21)14-7-10-8-17(16-15-10)4-1-5-19/h2-3,6,8,14,19H,1,4-5,7H2. The van der Waals surface area contributed by atoms with Crippen LogP contribution >= 0.6 is 11.6 Å². The van der Waals surface area contributed by atoms with Gasteiger partial charge in [-0.1, -0.05) is 16.8 Å². The summed E-state index contributed by atoms with van der Waals surface area (Å²) < 4.78 is 1.65. The van der Waals surface area contributed by atoms with Crippen molar-refractivity contribution < 1.29 is 10.0 Å². The van der Waals surface area contributed by atoms with Crippen LogP contribution in [0.25, 0.3) is 0 Å². The first-order valence-corrected chi connectivity index (χ1v) is 6.65. The van der Waals surface area contributed by atoms with Gasteiger partial charge in [0.15, 0.2) is 0 Å². The highest BCUT2D eigenvalue weighted by atomic mass is 35.5. The first kappa shape index (κ1) is 15.2. The number of nitrogens with one attached hydrogen (secondary N) is 1. The van der Waals surface area contributed by atoms with Crippen LogP contribution in [0.5, 0.6) is 0 Å². The minimum absolute atomic E-state index is 0.0802. The molecule has 0 saturated carbocycles. The van der Waals surface area contributed by atoms with E-state index in [0.717, 1.165) is 5.69 Å². The minimum atomic E-state index is -0.529. The second kappa shape index (κ2) is 7.00. The van der Waals surface area contributed by atoms with E-state index in [-0.39, 0.29) is 17.3 Å². The number of aliphatic hydroxyl groups excluding tert-OH is 1. The van der Waals surface area contributed by atoms with E-state index in [1.54, 1.807) is 16.9 Å². The van der Waals surface area contributed by atoms with Gasteiger partial charge in [-0.2, -0.15) is 0 Å². The number of nitrogens with zero attached hydrogens (tertiary/aromatic N) is 4. The van der Waals surface area contributed by atoms with Crippen LogP contribution in [0.4, 0.5) is 11.4 Å². The molecular weight excluding hydrogens is 298 g/mol. The number of rotatable bonds is 7. The van der Waals surface area contributed by atoms with Gasteiger partial charge in [0.05, 0.1) is 17.7 Å². The monoisotopic (exact) mass is 311 g/mol. The SMILES string of the molecule is O=[N+]([O-])c1ccc(NCc2cn(CCCO)nn2)cc1Cl. The molecule has 1 aromatic heterocycles. The molecule has 0 fully saturated rings. The summed E-state index contributed by atoms with van der Waals surface area (Å²) in [7, 11) is 0. The highest BCUT2D eigenvalue weighted by Gasteiger charge is 2.12. The van der Waals surface area contributed by atoms with Crippen molar-refractivity contribution in [3.8, 4) is 0 Å². The van der Waals surface area contributed by atoms with Gasteiger partial charge in [-0.3, -0.25) is 14.8 Å². The molecule has 112 valence electrons. The van der Waals surface area contributed by atoms with Crippen LogP contribution in [0.3, 0.4) is 0 Å². The molecule has 0 aliphatic carbocycles. The minimum Gasteiger partial charge on any atom is -0.396 e. The fourth-order valence-corrected chi connectivity index (χ4v) is 1.97. The van der Waals surface area contributed by atoms with E-state index >= 15 is 0 Å². The second-order valence-electron chi connectivity index (χ2n) is 4.33. The average molecular weight is 312 g/mol. The van der Waals surface area contributed by atoms with Gasteiger partial charge in [-0.25, -0.2) is 0 Å². The number of nitro benzene ring substituents is 1. The third-order valence-electron chi connectivity index (χ3n) is 2.75. The third-order valence-corrected chi connectivity index (χ3v) is 3.05. The van der Waals surface area contributed by atoms with E-state index < -0.39 is 4.92 Å². The molecule has 0 radical (unpaired) electrons. The summed E-state index contributed by atoms with van der Waals surface area (Å²) in [5.41, 5.74) is 1.26. The molecule has 0 aliphatic heterocycles. The van der Waals surface area contributed by atoms with Gasteiger partial charge in [0.2, 0.25) is 0 Å². The Balaban J connectivity index is 1.95. The van der Waals surface area contributed by atoms with E-state index in [9.17, 15) is 10.1 Å². The van der Waals surface area contributed by atoms with Crippen molar-refractivity contribution >= 4 is 23.0 Å². The van der Waals surface area contributed by atoms with Crippen molar-refractivity contribution in [2.24, 2.45) is 0 Å². The van der Waals surface area contributed by atoms with Crippen LogP contribution in [-0.4, -0.2) is 31.6 Å². The summed E-state index contributed by atoms with van der Waals surface area (Å²) in [6, 6.07) is 4.43. The number of hydrogen-bond acceptors (Lipinski definition) is 6. The highest BCUT2D eigenvalue weighted by molar-refractivity contribution is 6.32. The molecule has 0 bridgehead atoms. The number of aliphatic hydroxyl groups is 1. The Morgan fingerprint density at radius 2 is 2.29 bits per heavy atom. The van der Waals surface area contributed by atoms with Crippen molar-refractivity contribution in [2.45, 2.75) is 19.5 Å². The molecule has 0 unspecified atom stereocenters. The molecule has 21 heavy (non-hydrogen) atoms. The van der Waals surface area contributed by atoms with Crippen LogP contribution in [0, 0.1) is 10.1 Å². The van der Waals surface area contributed by atoms with Crippen LogP contribution in [0.15, 0.2) is 24.4 Å². The average Bonchev–Trinajstić information content (AvgIpc) is 2.90. The molecule has 2 N–H and O–H groups in total. The van der Waals surface area contributed by atoms with Crippen molar-refractivity contribution in [1.82, 2.24) is 15.0 Å². The van der Waals surface area contributed by atoms with Gasteiger partial charge in [0.1, 0.15) is 10.7 Å². The van der Waals surface area contributed by atoms with E-state index in [4.69, 9.17) is 16.7 Å². The first-order valence-electron chi connectivity index (χ1n) is 6.28. The number of benzene rings is 1. The summed E-state index contributed by atoms with van der Waals surface area (Å²) in [5, 5.41) is 30.4. The van der Waals surface area contributed by atoms with Gasteiger partial charge < -0.3 is 10.4 Å². The zero-order valence-electron chi connectivity index (χ0n) is 11.1. The number of anilines is 1. The molecule has 0 aliphatic rings. The molecule has 0 atom stereocenters. The summed E-state index contributed by atoms with van der Waals surface area (Å²) in [6.45, 7) is 1.13. The van der Waals surface area contributed by atoms with Gasteiger partial charge in [-0.05, 0) is 18.6 Å². The Hall–Kier alpha value is -2.19. The van der Waals surface area contributed by atoms with Crippen LogP contribution in [0.1, 0.15) is 12.1 Å². The van der Waals surface area contributed by atoms with E-state index in [1.165, 1.54) is 12.1 Å². The fraction of sp³-hybridized carbons (Fsp3) is 0.333. The van der Waals surface area contributed by atoms with Crippen molar-refractivity contribution in [3.63, 3.8) is 0 Å². The molecular formula is C12H14ClN5O3. The number of aryl methyl sites for hydroxylation is 1. The van der Waals surface area contributed by atoms with Crippen LogP contribution in [0.2, 0.25) is 5.02 Å². The van der Waals surface area contributed by atoms with Crippen LogP contribution < -0.4 is 5.32 Å². The molecule has 2 rings (SSSR count). The first-order chi connectivity index (χ1) is 10.1. The van der Waals surface area contributed by atoms with Crippen LogP contribution in [-0.2, 0) is 13.1 Å². The highest BCUT2D eigenvalue weighted by Crippen LogP contribution is 2.27. The molecule has 0 saturated heterocycles. The third kappa shape index (κ3) is 4.14. The Morgan fingerprint density at radius 3 is 2.95 bits per heavy atom. The second-order valence-corrected chi connectivity index (χ2v) is 4.73. The Labute approximate surface area is 125 Å². The molecule has 9 heteroatoms. The van der Waals surface area contributed by atoms with E-state index in [2.05, 4.69) is 15.6 Å². The van der Waals surface area contributed by atoms with Crippen molar-refractivity contribution in [2.75, 3.05) is 11.9 Å². The summed E-state index contributed by atoms with van der Waals surface area (Å²) in [5.74, 6) is 0. The number of halogens is 1. The number of aromatic nitrogens is 3. The zero-order chi connectivity index (χ0) is 15.2. The number of hydrogen-bond donors (Lipinski definition) is 2. The Kier molecular flexibility index (Phi) is 5.07. The smallest absolute Gasteiger partial charge is 0.288 e. The maximum absolute atomic E-state index is 10.7. The lowest BCUT2D eigenvalue weighted by Crippen LogP contribution is -2.01. The van der Waals surface area contributed by atoms with Crippen molar-refractivity contribution in [1.29, 1.82) is 0 Å². The lowest BCUT2D eigenvalue weighted by atomic mass is 10.3. The van der Waals surface area contributed by atoms with Gasteiger partial charge in [-0.15, -0.1) is 5.10 Å². The topological polar surface area (TPSA) is 106 Å². The maximum atomic E-state index is 10.7. The predicted molar refractivity (Wildman–Crippen MR) is 77.2 cm³/mol. The summed E-state index contributed by atoms with van der Waals surface area (Å²) in [6.07, 6.45) is 2.39. The van der Waals surface area contributed by atoms with Gasteiger partial charge >= 0.3 is 0 Å². The number of nitro groups is 1. The van der Waals surface area contributed by atoms with Gasteiger partial charge in [0.25, 0.3) is 5.69 Å². The fourth-order valence-electron chi connectivity index (χ4n) is 1.72. The van der Waals surface area contributed by atoms with E-state index in [0.29, 0.717) is 25.2 Å². The molecule has 1 heterocycles. The molecule has 2 aromatic rings. The summed E-state index contributed by atoms with van der Waals surface area (Å²) >= 11 is 5.83. The molecule has 0 spiro atoms. The summed E-state index contributed by atoms with van der Waals surface area (Å²) in [4.78, 5) is 10.1. The molecule has 0 amide bonds. The lowest BCUT2D eigenvalue weighted by Gasteiger charge is -2.04. The van der Waals surface area contributed by atoms with Crippen molar-refractivity contribution in [3.05, 3.63) is 45.2 Å². The normalized spacial score (nSPS) is 10.6. The predicted octanol–water partition coefficient (Wildman–Crippen LogP) is 1.83. The quantitative estimate of drug-likeness (QED) is 0.597. The Morgan fingerprint density at radius 1 is 1.48 bits per heavy atom. The zero-order valence-corrected chi connectivity index (χ0v) is 11.8. The maximum Gasteiger partial charge on any atom is 0.288 e. The van der Waals surface area contributed by atoms with Gasteiger partial charge in [0, 0.05) is 24.9 Å².